The van der Waals surface area contributed by atoms with Gasteiger partial charge in [0.05, 0.1) is 12.7 Å². The van der Waals surface area contributed by atoms with E-state index in [1.54, 1.807) is 20.8 Å². The fourth-order valence-corrected chi connectivity index (χ4v) is 2.08. The summed E-state index contributed by atoms with van der Waals surface area (Å²) in [6.45, 7) is 7.15. The molecule has 136 valence electrons. The van der Waals surface area contributed by atoms with Gasteiger partial charge in [0.1, 0.15) is 17.4 Å². The number of carbonyl (C=O) groups excluding carboxylic acids is 1. The lowest BCUT2D eigenvalue weighted by atomic mass is 10.0. The molecule has 0 bridgehead atoms. The van der Waals surface area contributed by atoms with Crippen LogP contribution in [0, 0.1) is 0 Å². The van der Waals surface area contributed by atoms with Crippen molar-refractivity contribution in [1.29, 1.82) is 0 Å². The Kier molecular flexibility index (Phi) is 7.06. The first-order valence-corrected chi connectivity index (χ1v) is 7.91. The van der Waals surface area contributed by atoms with Crippen LogP contribution in [-0.2, 0) is 22.4 Å². The Bertz CT molecular complexity index is 561. The summed E-state index contributed by atoms with van der Waals surface area (Å²) >= 11 is 0. The maximum absolute atomic E-state index is 11.8. The van der Waals surface area contributed by atoms with E-state index in [-0.39, 0.29) is 6.42 Å². The molecule has 24 heavy (non-hydrogen) atoms. The highest BCUT2D eigenvalue weighted by atomic mass is 16.6. The molecule has 1 rings (SSSR count). The van der Waals surface area contributed by atoms with Crippen LogP contribution in [0.25, 0.3) is 0 Å². The number of rotatable bonds is 8. The summed E-state index contributed by atoms with van der Waals surface area (Å²) in [5.41, 5.74) is 0.0195. The number of carboxylic acid groups (broad SMARTS) is 1. The SMILES string of the molecule is CCCCc1c(OC)noc1C[C@@H](NC(=O)OC(C)(C)C)C(=O)O. The molecule has 1 aromatic rings. The zero-order chi connectivity index (χ0) is 18.3. The lowest BCUT2D eigenvalue weighted by molar-refractivity contribution is -0.139. The lowest BCUT2D eigenvalue weighted by Crippen LogP contribution is -2.44. The number of amides is 1. The zero-order valence-corrected chi connectivity index (χ0v) is 14.8. The Hall–Kier alpha value is -2.25. The molecule has 0 fully saturated rings. The topological polar surface area (TPSA) is 111 Å². The molecular weight excluding hydrogens is 316 g/mol. The molecule has 0 unspecified atom stereocenters. The molecule has 0 spiro atoms. The highest BCUT2D eigenvalue weighted by Gasteiger charge is 2.28. The summed E-state index contributed by atoms with van der Waals surface area (Å²) in [5, 5.41) is 15.5. The minimum Gasteiger partial charge on any atom is -0.480 e. The summed E-state index contributed by atoms with van der Waals surface area (Å²) in [7, 11) is 1.48. The molecule has 0 radical (unpaired) electrons. The molecule has 2 N–H and O–H groups in total. The molecule has 0 aliphatic heterocycles. The van der Waals surface area contributed by atoms with Gasteiger partial charge < -0.3 is 24.4 Å². The third-order valence-electron chi connectivity index (χ3n) is 3.19. The minimum atomic E-state index is -1.18. The third kappa shape index (κ3) is 6.10. The molecule has 0 aliphatic rings. The first-order valence-electron chi connectivity index (χ1n) is 7.91. The summed E-state index contributed by atoms with van der Waals surface area (Å²) < 4.78 is 15.5. The number of carbonyl (C=O) groups is 2. The van der Waals surface area contributed by atoms with E-state index in [2.05, 4.69) is 10.5 Å². The fraction of sp³-hybridized carbons (Fsp3) is 0.688. The van der Waals surface area contributed by atoms with Crippen molar-refractivity contribution in [2.24, 2.45) is 0 Å². The molecule has 0 saturated heterocycles. The average molecular weight is 342 g/mol. The summed E-state index contributed by atoms with van der Waals surface area (Å²) in [4.78, 5) is 23.3. The molecule has 0 saturated carbocycles. The molecule has 0 aliphatic carbocycles. The molecule has 1 amide bonds. The van der Waals surface area contributed by atoms with E-state index in [0.717, 1.165) is 18.4 Å². The molecule has 8 heteroatoms. The molecule has 1 aromatic heterocycles. The average Bonchev–Trinajstić information content (AvgIpc) is 2.84. The van der Waals surface area contributed by atoms with Crippen molar-refractivity contribution in [3.8, 4) is 5.88 Å². The van der Waals surface area contributed by atoms with Crippen LogP contribution in [0.4, 0.5) is 4.79 Å². The van der Waals surface area contributed by atoms with Crippen molar-refractivity contribution >= 4 is 12.1 Å². The van der Waals surface area contributed by atoms with Gasteiger partial charge in [-0.2, -0.15) is 0 Å². The standard InChI is InChI=1S/C16H26N2O6/c1-6-7-8-10-12(24-18-13(10)22-5)9-11(14(19)20)17-15(21)23-16(2,3)4/h11H,6-9H2,1-5H3,(H,17,21)(H,19,20)/t11-/m1/s1. The number of nitrogens with one attached hydrogen (secondary N) is 1. The summed E-state index contributed by atoms with van der Waals surface area (Å²) in [6.07, 6.45) is 1.69. The van der Waals surface area contributed by atoms with E-state index in [0.29, 0.717) is 18.1 Å². The maximum Gasteiger partial charge on any atom is 0.408 e. The normalized spacial score (nSPS) is 12.5. The number of aliphatic carboxylic acids is 1. The van der Waals surface area contributed by atoms with Crippen LogP contribution < -0.4 is 10.1 Å². The van der Waals surface area contributed by atoms with Gasteiger partial charge in [0.15, 0.2) is 0 Å². The van der Waals surface area contributed by atoms with Crippen molar-refractivity contribution in [1.82, 2.24) is 10.5 Å². The van der Waals surface area contributed by atoms with Gasteiger partial charge >= 0.3 is 12.1 Å². The van der Waals surface area contributed by atoms with Gasteiger partial charge in [0.2, 0.25) is 0 Å². The lowest BCUT2D eigenvalue weighted by Gasteiger charge is -2.21. The fourth-order valence-electron chi connectivity index (χ4n) is 2.08. The highest BCUT2D eigenvalue weighted by molar-refractivity contribution is 5.80. The number of hydrogen-bond donors (Lipinski definition) is 2. The predicted molar refractivity (Wildman–Crippen MR) is 86.2 cm³/mol. The summed E-state index contributed by atoms with van der Waals surface area (Å²) in [6, 6.07) is -1.18. The van der Waals surface area contributed by atoms with Crippen LogP contribution in [0.3, 0.4) is 0 Å². The Morgan fingerprint density at radius 1 is 1.38 bits per heavy atom. The van der Waals surface area contributed by atoms with E-state index < -0.39 is 23.7 Å². The van der Waals surface area contributed by atoms with Crippen molar-refractivity contribution in [3.63, 3.8) is 0 Å². The van der Waals surface area contributed by atoms with Gasteiger partial charge in [-0.25, -0.2) is 9.59 Å². The Balaban J connectivity index is 2.87. The van der Waals surface area contributed by atoms with Gasteiger partial charge in [-0.15, -0.1) is 0 Å². The number of carboxylic acids is 1. The number of hydrogen-bond acceptors (Lipinski definition) is 6. The molecule has 8 nitrogen and oxygen atoms in total. The molecule has 1 heterocycles. The first-order chi connectivity index (χ1) is 11.2. The van der Waals surface area contributed by atoms with Gasteiger partial charge in [-0.1, -0.05) is 13.3 Å². The van der Waals surface area contributed by atoms with Crippen molar-refractivity contribution in [2.45, 2.75) is 65.0 Å². The van der Waals surface area contributed by atoms with Crippen molar-refractivity contribution in [3.05, 3.63) is 11.3 Å². The largest absolute Gasteiger partial charge is 0.480 e. The number of methoxy groups -OCH3 is 1. The number of unbranched alkanes of at least 4 members (excludes halogenated alkanes) is 1. The van der Waals surface area contributed by atoms with Crippen molar-refractivity contribution < 1.29 is 28.7 Å². The number of aromatic nitrogens is 1. The van der Waals surface area contributed by atoms with Gasteiger partial charge in [-0.3, -0.25) is 0 Å². The smallest absolute Gasteiger partial charge is 0.408 e. The van der Waals surface area contributed by atoms with Gasteiger partial charge in [-0.05, 0) is 38.8 Å². The number of nitrogens with zero attached hydrogens (tertiary/aromatic N) is 1. The second-order valence-electron chi connectivity index (χ2n) is 6.44. The van der Waals surface area contributed by atoms with Crippen LogP contribution in [0.15, 0.2) is 4.52 Å². The first kappa shape index (κ1) is 19.8. The monoisotopic (exact) mass is 342 g/mol. The quantitative estimate of drug-likeness (QED) is 0.746. The van der Waals surface area contributed by atoms with Crippen LogP contribution in [-0.4, -0.2) is 41.1 Å². The second-order valence-corrected chi connectivity index (χ2v) is 6.44. The highest BCUT2D eigenvalue weighted by Crippen LogP contribution is 2.24. The molecule has 1 atom stereocenters. The zero-order valence-electron chi connectivity index (χ0n) is 14.8. The predicted octanol–water partition coefficient (Wildman–Crippen LogP) is 2.55. The Morgan fingerprint density at radius 2 is 2.04 bits per heavy atom. The van der Waals surface area contributed by atoms with Gasteiger partial charge in [0, 0.05) is 6.42 Å². The molecule has 0 aromatic carbocycles. The van der Waals surface area contributed by atoms with Gasteiger partial charge in [0.25, 0.3) is 5.88 Å². The summed E-state index contributed by atoms with van der Waals surface area (Å²) in [5.74, 6) is -0.443. The number of ether oxygens (including phenoxy) is 2. The Labute approximate surface area is 141 Å². The van der Waals surface area contributed by atoms with Crippen LogP contribution in [0.2, 0.25) is 0 Å². The van der Waals surface area contributed by atoms with Crippen LogP contribution in [0.1, 0.15) is 51.9 Å². The van der Waals surface area contributed by atoms with E-state index in [1.165, 1.54) is 7.11 Å². The van der Waals surface area contributed by atoms with E-state index in [4.69, 9.17) is 14.0 Å². The van der Waals surface area contributed by atoms with E-state index in [1.807, 2.05) is 6.92 Å². The van der Waals surface area contributed by atoms with Crippen LogP contribution >= 0.6 is 0 Å². The Morgan fingerprint density at radius 3 is 2.54 bits per heavy atom. The second kappa shape index (κ2) is 8.56. The third-order valence-corrected chi connectivity index (χ3v) is 3.19. The molecular formula is C16H26N2O6. The minimum absolute atomic E-state index is 0.0377. The van der Waals surface area contributed by atoms with E-state index >= 15 is 0 Å². The maximum atomic E-state index is 11.8. The van der Waals surface area contributed by atoms with Crippen LogP contribution in [0.5, 0.6) is 5.88 Å². The van der Waals surface area contributed by atoms with E-state index in [9.17, 15) is 14.7 Å². The van der Waals surface area contributed by atoms with Crippen molar-refractivity contribution in [2.75, 3.05) is 7.11 Å². The number of alkyl carbamates (subject to hydrolysis) is 1.